The maximum atomic E-state index is 12.8. The number of benzene rings is 2. The SMILES string of the molecule is COC(=O)c1ccccc1NC(=O)C1(C(=O)Nc2cccc(C(C)=O)c2)CC1. The minimum absolute atomic E-state index is 0.116. The van der Waals surface area contributed by atoms with Crippen molar-refractivity contribution >= 4 is 34.9 Å². The predicted molar refractivity (Wildman–Crippen MR) is 103 cm³/mol. The maximum Gasteiger partial charge on any atom is 0.339 e. The molecule has 0 atom stereocenters. The quantitative estimate of drug-likeness (QED) is 0.456. The number of hydrogen-bond donors (Lipinski definition) is 2. The molecule has 1 saturated carbocycles. The smallest absolute Gasteiger partial charge is 0.339 e. The van der Waals surface area contributed by atoms with Crippen molar-refractivity contribution in [1.29, 1.82) is 0 Å². The normalized spacial score (nSPS) is 13.9. The number of carbonyl (C=O) groups is 4. The third-order valence-electron chi connectivity index (χ3n) is 4.73. The molecule has 1 aliphatic carbocycles. The first-order valence-electron chi connectivity index (χ1n) is 8.78. The molecule has 0 aliphatic heterocycles. The van der Waals surface area contributed by atoms with E-state index in [2.05, 4.69) is 10.6 Å². The van der Waals surface area contributed by atoms with Crippen molar-refractivity contribution in [2.75, 3.05) is 17.7 Å². The molecule has 2 aromatic carbocycles. The Morgan fingerprint density at radius 2 is 1.61 bits per heavy atom. The Kier molecular flexibility index (Phi) is 5.26. The number of ketones is 1. The highest BCUT2D eigenvalue weighted by Gasteiger charge is 2.56. The summed E-state index contributed by atoms with van der Waals surface area (Å²) in [7, 11) is 1.26. The summed E-state index contributed by atoms with van der Waals surface area (Å²) in [6, 6.07) is 13.0. The van der Waals surface area contributed by atoms with E-state index < -0.39 is 23.2 Å². The Hall–Kier alpha value is -3.48. The first-order valence-corrected chi connectivity index (χ1v) is 8.78. The van der Waals surface area contributed by atoms with Crippen LogP contribution in [0.2, 0.25) is 0 Å². The lowest BCUT2D eigenvalue weighted by molar-refractivity contribution is -0.131. The third-order valence-corrected chi connectivity index (χ3v) is 4.73. The number of amides is 2. The Bertz CT molecular complexity index is 963. The fraction of sp³-hybridized carbons (Fsp3) is 0.238. The van der Waals surface area contributed by atoms with Crippen LogP contribution in [0.25, 0.3) is 0 Å². The van der Waals surface area contributed by atoms with Crippen LogP contribution in [-0.2, 0) is 14.3 Å². The monoisotopic (exact) mass is 380 g/mol. The van der Waals surface area contributed by atoms with Crippen molar-refractivity contribution < 1.29 is 23.9 Å². The second-order valence-electron chi connectivity index (χ2n) is 6.66. The van der Waals surface area contributed by atoms with Gasteiger partial charge in [-0.05, 0) is 44.0 Å². The lowest BCUT2D eigenvalue weighted by Crippen LogP contribution is -2.36. The number of nitrogens with one attached hydrogen (secondary N) is 2. The van der Waals surface area contributed by atoms with E-state index in [1.807, 2.05) is 0 Å². The molecule has 0 unspecified atom stereocenters. The van der Waals surface area contributed by atoms with Crippen LogP contribution in [0.3, 0.4) is 0 Å². The number of esters is 1. The summed E-state index contributed by atoms with van der Waals surface area (Å²) >= 11 is 0. The molecule has 2 aromatic rings. The summed E-state index contributed by atoms with van der Waals surface area (Å²) in [5.74, 6) is -1.62. The zero-order valence-corrected chi connectivity index (χ0v) is 15.6. The van der Waals surface area contributed by atoms with Crippen molar-refractivity contribution in [2.45, 2.75) is 19.8 Å². The lowest BCUT2D eigenvalue weighted by atomic mass is 10.0. The van der Waals surface area contributed by atoms with E-state index in [0.717, 1.165) is 0 Å². The second kappa shape index (κ2) is 7.64. The molecule has 0 heterocycles. The van der Waals surface area contributed by atoms with Crippen molar-refractivity contribution in [3.63, 3.8) is 0 Å². The standard InChI is InChI=1S/C21H20N2O5/c1-13(24)14-6-5-7-15(12-14)22-19(26)21(10-11-21)20(27)23-17-9-4-3-8-16(17)18(25)28-2/h3-9,12H,10-11H2,1-2H3,(H,22,26)(H,23,27). The maximum absolute atomic E-state index is 12.8. The van der Waals surface area contributed by atoms with Crippen LogP contribution in [0.4, 0.5) is 11.4 Å². The fourth-order valence-electron chi connectivity index (χ4n) is 2.87. The predicted octanol–water partition coefficient (Wildman–Crippen LogP) is 3.03. The minimum Gasteiger partial charge on any atom is -0.465 e. The van der Waals surface area contributed by atoms with Gasteiger partial charge in [0.15, 0.2) is 5.78 Å². The molecule has 1 aliphatic rings. The molecular formula is C21H20N2O5. The van der Waals surface area contributed by atoms with E-state index in [1.54, 1.807) is 42.5 Å². The Labute approximate surface area is 162 Å². The Morgan fingerprint density at radius 1 is 0.929 bits per heavy atom. The van der Waals surface area contributed by atoms with E-state index in [0.29, 0.717) is 24.1 Å². The van der Waals surface area contributed by atoms with Gasteiger partial charge in [0.1, 0.15) is 5.41 Å². The molecule has 28 heavy (non-hydrogen) atoms. The van der Waals surface area contributed by atoms with Crippen LogP contribution in [-0.4, -0.2) is 30.7 Å². The van der Waals surface area contributed by atoms with E-state index in [1.165, 1.54) is 20.1 Å². The Balaban J connectivity index is 1.76. The molecule has 0 spiro atoms. The van der Waals surface area contributed by atoms with Crippen molar-refractivity contribution in [1.82, 2.24) is 0 Å². The Morgan fingerprint density at radius 3 is 2.25 bits per heavy atom. The molecule has 1 fully saturated rings. The van der Waals surface area contributed by atoms with Gasteiger partial charge in [-0.2, -0.15) is 0 Å². The van der Waals surface area contributed by atoms with Crippen LogP contribution in [0.15, 0.2) is 48.5 Å². The van der Waals surface area contributed by atoms with Gasteiger partial charge in [-0.15, -0.1) is 0 Å². The van der Waals surface area contributed by atoms with Crippen molar-refractivity contribution in [3.05, 3.63) is 59.7 Å². The van der Waals surface area contributed by atoms with Gasteiger partial charge in [-0.1, -0.05) is 24.3 Å². The molecule has 0 aromatic heterocycles. The summed E-state index contributed by atoms with van der Waals surface area (Å²) < 4.78 is 4.72. The number of carbonyl (C=O) groups excluding carboxylic acids is 4. The summed E-state index contributed by atoms with van der Waals surface area (Å²) in [5.41, 5.74) is 0.224. The van der Waals surface area contributed by atoms with E-state index in [9.17, 15) is 19.2 Å². The molecule has 0 bridgehead atoms. The van der Waals surface area contributed by atoms with E-state index >= 15 is 0 Å². The van der Waals surface area contributed by atoms with Crippen molar-refractivity contribution in [2.24, 2.45) is 5.41 Å². The van der Waals surface area contributed by atoms with Crippen LogP contribution >= 0.6 is 0 Å². The van der Waals surface area contributed by atoms with Gasteiger partial charge in [0, 0.05) is 11.3 Å². The van der Waals surface area contributed by atoms with Crippen LogP contribution in [0.5, 0.6) is 0 Å². The number of Topliss-reactive ketones (excluding diaryl/α,β-unsaturated/α-hetero) is 1. The minimum atomic E-state index is -1.20. The summed E-state index contributed by atoms with van der Waals surface area (Å²) in [5, 5.41) is 5.38. The highest BCUT2D eigenvalue weighted by atomic mass is 16.5. The van der Waals surface area contributed by atoms with Gasteiger partial charge in [0.25, 0.3) is 0 Å². The molecule has 144 valence electrons. The highest BCUT2D eigenvalue weighted by Crippen LogP contribution is 2.47. The van der Waals surface area contributed by atoms with Crippen LogP contribution in [0.1, 0.15) is 40.5 Å². The van der Waals surface area contributed by atoms with Gasteiger partial charge >= 0.3 is 5.97 Å². The highest BCUT2D eigenvalue weighted by molar-refractivity contribution is 6.18. The second-order valence-corrected chi connectivity index (χ2v) is 6.66. The molecule has 0 saturated heterocycles. The number of methoxy groups -OCH3 is 1. The van der Waals surface area contributed by atoms with Crippen LogP contribution < -0.4 is 10.6 Å². The number of hydrogen-bond acceptors (Lipinski definition) is 5. The van der Waals surface area contributed by atoms with Gasteiger partial charge in [-0.3, -0.25) is 14.4 Å². The summed E-state index contributed by atoms with van der Waals surface area (Å²) in [6.45, 7) is 1.44. The van der Waals surface area contributed by atoms with Gasteiger partial charge in [0.05, 0.1) is 18.4 Å². The molecule has 0 radical (unpaired) electrons. The van der Waals surface area contributed by atoms with E-state index in [4.69, 9.17) is 4.74 Å². The van der Waals surface area contributed by atoms with Gasteiger partial charge in [-0.25, -0.2) is 4.79 Å². The largest absolute Gasteiger partial charge is 0.465 e. The third kappa shape index (κ3) is 3.78. The molecule has 7 heteroatoms. The topological polar surface area (TPSA) is 102 Å². The zero-order chi connectivity index (χ0) is 20.3. The fourth-order valence-corrected chi connectivity index (χ4v) is 2.87. The molecule has 7 nitrogen and oxygen atoms in total. The van der Waals surface area contributed by atoms with E-state index in [-0.39, 0.29) is 17.0 Å². The average molecular weight is 380 g/mol. The molecule has 3 rings (SSSR count). The number of anilines is 2. The number of ether oxygens (including phenoxy) is 1. The summed E-state index contributed by atoms with van der Waals surface area (Å²) in [6.07, 6.45) is 0.801. The molecule has 2 amide bonds. The summed E-state index contributed by atoms with van der Waals surface area (Å²) in [4.78, 5) is 48.9. The van der Waals surface area contributed by atoms with Gasteiger partial charge < -0.3 is 15.4 Å². The first-order chi connectivity index (χ1) is 13.4. The van der Waals surface area contributed by atoms with Gasteiger partial charge in [0.2, 0.25) is 11.8 Å². The number of para-hydroxylation sites is 1. The van der Waals surface area contributed by atoms with Crippen molar-refractivity contribution in [3.8, 4) is 0 Å². The lowest BCUT2D eigenvalue weighted by Gasteiger charge is -2.17. The molecule has 2 N–H and O–H groups in total. The van der Waals surface area contributed by atoms with Crippen LogP contribution in [0, 0.1) is 5.41 Å². The average Bonchev–Trinajstić information content (AvgIpc) is 3.50. The molecular weight excluding hydrogens is 360 g/mol. The zero-order valence-electron chi connectivity index (χ0n) is 15.6. The number of rotatable bonds is 6. The first kappa shape index (κ1) is 19.3.